The first kappa shape index (κ1) is 18.1. The average Bonchev–Trinajstić information content (AvgIpc) is 2.65. The fourth-order valence-electron chi connectivity index (χ4n) is 2.37. The van der Waals surface area contributed by atoms with E-state index in [0.717, 1.165) is 0 Å². The first-order chi connectivity index (χ1) is 12.9. The molecule has 0 aliphatic rings. The molecule has 1 aromatic heterocycles. The van der Waals surface area contributed by atoms with Crippen LogP contribution in [0.5, 0.6) is 5.75 Å². The molecule has 0 saturated carbocycles. The standard InChI is InChI=1S/C20H14O7/c1-12(21)26-15-8-6-13(7-9-15)17(22)11-25-19(23)16-10-14-4-2-3-5-18(14)27-20(16)24/h2-10H,11H2,1H3. The van der Waals surface area contributed by atoms with Gasteiger partial charge < -0.3 is 13.9 Å². The van der Waals surface area contributed by atoms with Gasteiger partial charge in [-0.15, -0.1) is 0 Å². The number of benzene rings is 2. The molecule has 7 heteroatoms. The fourth-order valence-corrected chi connectivity index (χ4v) is 2.37. The zero-order valence-electron chi connectivity index (χ0n) is 14.3. The van der Waals surface area contributed by atoms with E-state index < -0.39 is 30.0 Å². The van der Waals surface area contributed by atoms with E-state index >= 15 is 0 Å². The van der Waals surface area contributed by atoms with Gasteiger partial charge in [-0.05, 0) is 36.4 Å². The number of ketones is 1. The molecule has 0 bridgehead atoms. The maximum Gasteiger partial charge on any atom is 0.351 e. The van der Waals surface area contributed by atoms with Gasteiger partial charge >= 0.3 is 17.6 Å². The second kappa shape index (κ2) is 7.65. The van der Waals surface area contributed by atoms with Crippen LogP contribution in [-0.4, -0.2) is 24.3 Å². The van der Waals surface area contributed by atoms with Gasteiger partial charge in [0.05, 0.1) is 0 Å². The summed E-state index contributed by atoms with van der Waals surface area (Å²) in [7, 11) is 0. The van der Waals surface area contributed by atoms with Crippen LogP contribution in [0.25, 0.3) is 11.0 Å². The third-order valence-corrected chi connectivity index (χ3v) is 3.63. The van der Waals surface area contributed by atoms with E-state index in [1.165, 1.54) is 37.3 Å². The van der Waals surface area contributed by atoms with Crippen LogP contribution < -0.4 is 10.4 Å². The summed E-state index contributed by atoms with van der Waals surface area (Å²) in [6.07, 6.45) is 0. The van der Waals surface area contributed by atoms with Crippen molar-refractivity contribution in [1.29, 1.82) is 0 Å². The van der Waals surface area contributed by atoms with Gasteiger partial charge in [0.25, 0.3) is 0 Å². The second-order valence-electron chi connectivity index (χ2n) is 5.60. The number of hydrogen-bond acceptors (Lipinski definition) is 7. The molecule has 0 radical (unpaired) electrons. The van der Waals surface area contributed by atoms with Crippen LogP contribution >= 0.6 is 0 Å². The number of hydrogen-bond donors (Lipinski definition) is 0. The number of para-hydroxylation sites is 1. The Hall–Kier alpha value is -3.74. The van der Waals surface area contributed by atoms with Crippen LogP contribution in [0.1, 0.15) is 27.6 Å². The molecular weight excluding hydrogens is 352 g/mol. The van der Waals surface area contributed by atoms with Crippen LogP contribution in [0.2, 0.25) is 0 Å². The molecule has 0 aliphatic heterocycles. The van der Waals surface area contributed by atoms with Gasteiger partial charge in [-0.1, -0.05) is 18.2 Å². The van der Waals surface area contributed by atoms with Crippen molar-refractivity contribution in [2.75, 3.05) is 6.61 Å². The third kappa shape index (κ3) is 4.27. The van der Waals surface area contributed by atoms with E-state index in [9.17, 15) is 19.2 Å². The summed E-state index contributed by atoms with van der Waals surface area (Å²) in [5, 5.41) is 0.566. The van der Waals surface area contributed by atoms with Crippen molar-refractivity contribution in [3.05, 3.63) is 76.1 Å². The van der Waals surface area contributed by atoms with Crippen LogP contribution in [0.3, 0.4) is 0 Å². The molecule has 3 aromatic rings. The predicted molar refractivity (Wildman–Crippen MR) is 94.8 cm³/mol. The highest BCUT2D eigenvalue weighted by molar-refractivity contribution is 6.00. The van der Waals surface area contributed by atoms with Crippen molar-refractivity contribution in [1.82, 2.24) is 0 Å². The van der Waals surface area contributed by atoms with E-state index in [4.69, 9.17) is 13.9 Å². The van der Waals surface area contributed by atoms with Crippen LogP contribution in [0.15, 0.2) is 63.8 Å². The van der Waals surface area contributed by atoms with Gasteiger partial charge in [-0.3, -0.25) is 9.59 Å². The zero-order chi connectivity index (χ0) is 19.4. The molecule has 0 amide bonds. The largest absolute Gasteiger partial charge is 0.453 e. The summed E-state index contributed by atoms with van der Waals surface area (Å²) >= 11 is 0. The van der Waals surface area contributed by atoms with Crippen LogP contribution in [-0.2, 0) is 9.53 Å². The number of fused-ring (bicyclic) bond motifs is 1. The van der Waals surface area contributed by atoms with E-state index in [2.05, 4.69) is 0 Å². The lowest BCUT2D eigenvalue weighted by Crippen LogP contribution is -2.20. The molecule has 0 aliphatic carbocycles. The molecule has 2 aromatic carbocycles. The SMILES string of the molecule is CC(=O)Oc1ccc(C(=O)COC(=O)c2cc3ccccc3oc2=O)cc1. The van der Waals surface area contributed by atoms with Crippen molar-refractivity contribution >= 4 is 28.7 Å². The minimum Gasteiger partial charge on any atom is -0.453 e. The van der Waals surface area contributed by atoms with Crippen molar-refractivity contribution in [2.45, 2.75) is 6.92 Å². The Balaban J connectivity index is 1.68. The Morgan fingerprint density at radius 2 is 1.70 bits per heavy atom. The summed E-state index contributed by atoms with van der Waals surface area (Å²) in [5.74, 6) is -1.59. The van der Waals surface area contributed by atoms with E-state index in [1.54, 1.807) is 24.3 Å². The summed E-state index contributed by atoms with van der Waals surface area (Å²) in [4.78, 5) is 47.0. The lowest BCUT2D eigenvalue weighted by Gasteiger charge is -2.05. The first-order valence-corrected chi connectivity index (χ1v) is 7.96. The Kier molecular flexibility index (Phi) is 5.12. The van der Waals surface area contributed by atoms with Gasteiger partial charge in [0, 0.05) is 17.9 Å². The second-order valence-corrected chi connectivity index (χ2v) is 5.60. The first-order valence-electron chi connectivity index (χ1n) is 7.96. The van der Waals surface area contributed by atoms with Gasteiger partial charge in [-0.2, -0.15) is 0 Å². The van der Waals surface area contributed by atoms with E-state index in [0.29, 0.717) is 16.7 Å². The summed E-state index contributed by atoms with van der Waals surface area (Å²) in [5.41, 5.74) is -0.504. The zero-order valence-corrected chi connectivity index (χ0v) is 14.3. The molecule has 0 saturated heterocycles. The number of ether oxygens (including phenoxy) is 2. The molecule has 0 unspecified atom stereocenters. The number of carbonyl (C=O) groups excluding carboxylic acids is 3. The minimum absolute atomic E-state index is 0.268. The molecular formula is C20H14O7. The van der Waals surface area contributed by atoms with Crippen LogP contribution in [0.4, 0.5) is 0 Å². The van der Waals surface area contributed by atoms with Gasteiger partial charge in [0.15, 0.2) is 12.4 Å². The smallest absolute Gasteiger partial charge is 0.351 e. The molecule has 1 heterocycles. The normalized spacial score (nSPS) is 10.4. The van der Waals surface area contributed by atoms with Gasteiger partial charge in [0.1, 0.15) is 16.9 Å². The fraction of sp³-hybridized carbons (Fsp3) is 0.100. The highest BCUT2D eigenvalue weighted by Crippen LogP contribution is 2.15. The van der Waals surface area contributed by atoms with E-state index in [-0.39, 0.29) is 11.1 Å². The third-order valence-electron chi connectivity index (χ3n) is 3.63. The lowest BCUT2D eigenvalue weighted by atomic mass is 10.1. The minimum atomic E-state index is -0.945. The van der Waals surface area contributed by atoms with Crippen molar-refractivity contribution in [2.24, 2.45) is 0 Å². The maximum absolute atomic E-state index is 12.1. The van der Waals surface area contributed by atoms with Crippen molar-refractivity contribution in [3.8, 4) is 5.75 Å². The summed E-state index contributed by atoms with van der Waals surface area (Å²) < 4.78 is 14.9. The number of Topliss-reactive ketones (excluding diaryl/α,β-unsaturated/α-hetero) is 1. The molecule has 0 fully saturated rings. The van der Waals surface area contributed by atoms with Crippen molar-refractivity contribution in [3.63, 3.8) is 0 Å². The lowest BCUT2D eigenvalue weighted by molar-refractivity contribution is -0.131. The van der Waals surface area contributed by atoms with Gasteiger partial charge in [-0.25, -0.2) is 9.59 Å². The number of rotatable bonds is 5. The molecule has 7 nitrogen and oxygen atoms in total. The molecule has 0 atom stereocenters. The topological polar surface area (TPSA) is 99.9 Å². The molecule has 27 heavy (non-hydrogen) atoms. The molecule has 3 rings (SSSR count). The van der Waals surface area contributed by atoms with Crippen molar-refractivity contribution < 1.29 is 28.3 Å². The Labute approximate surface area is 153 Å². The van der Waals surface area contributed by atoms with Gasteiger partial charge in [0.2, 0.25) is 0 Å². The Bertz CT molecular complexity index is 1080. The predicted octanol–water partition coefficient (Wildman–Crippen LogP) is 2.76. The monoisotopic (exact) mass is 366 g/mol. The molecule has 0 spiro atoms. The Morgan fingerprint density at radius 1 is 1.00 bits per heavy atom. The number of carbonyl (C=O) groups is 3. The van der Waals surface area contributed by atoms with Crippen LogP contribution in [0, 0.1) is 0 Å². The molecule has 136 valence electrons. The maximum atomic E-state index is 12.1. The molecule has 0 N–H and O–H groups in total. The van der Waals surface area contributed by atoms with E-state index in [1.807, 2.05) is 0 Å². The summed E-state index contributed by atoms with van der Waals surface area (Å²) in [6.45, 7) is 0.722. The number of esters is 2. The Morgan fingerprint density at radius 3 is 2.41 bits per heavy atom. The quantitative estimate of drug-likeness (QED) is 0.296. The highest BCUT2D eigenvalue weighted by Gasteiger charge is 2.17. The average molecular weight is 366 g/mol. The summed E-state index contributed by atoms with van der Waals surface area (Å²) in [6, 6.07) is 13.9. The highest BCUT2D eigenvalue weighted by atomic mass is 16.5.